The van der Waals surface area contributed by atoms with Gasteiger partial charge >= 0.3 is 0 Å². The predicted molar refractivity (Wildman–Crippen MR) is 28.2 cm³/mol. The molecule has 1 aliphatic carbocycles. The van der Waals surface area contributed by atoms with Gasteiger partial charge in [0.05, 0.1) is 6.61 Å². The summed E-state index contributed by atoms with van der Waals surface area (Å²) in [7, 11) is 0. The Hall–Kier alpha value is -0.0400. The van der Waals surface area contributed by atoms with Crippen LogP contribution in [-0.2, 0) is 0 Å². The molecule has 0 unspecified atom stereocenters. The summed E-state index contributed by atoms with van der Waals surface area (Å²) in [6.07, 6.45) is 5.02. The lowest BCUT2D eigenvalue weighted by molar-refractivity contribution is 0.317. The first-order valence-corrected chi connectivity index (χ1v) is 2.91. The van der Waals surface area contributed by atoms with Gasteiger partial charge in [-0.15, -0.1) is 0 Å². The van der Waals surface area contributed by atoms with Crippen LogP contribution in [0.5, 0.6) is 0 Å². The Kier molecular flexibility index (Phi) is 1.69. The van der Waals surface area contributed by atoms with E-state index in [9.17, 15) is 0 Å². The molecule has 1 fully saturated rings. The van der Waals surface area contributed by atoms with E-state index in [1.54, 1.807) is 0 Å². The van der Waals surface area contributed by atoms with Crippen LogP contribution in [0.1, 0.15) is 25.7 Å². The Morgan fingerprint density at radius 3 is 2.14 bits per heavy atom. The Labute approximate surface area is 44.4 Å². The van der Waals surface area contributed by atoms with E-state index >= 15 is 0 Å². The van der Waals surface area contributed by atoms with Gasteiger partial charge in [0.25, 0.3) is 0 Å². The monoisotopic (exact) mass is 99.1 g/mol. The van der Waals surface area contributed by atoms with E-state index in [4.69, 9.17) is 5.11 Å². The molecule has 1 nitrogen and oxygen atoms in total. The number of aliphatic hydroxyl groups excluding tert-OH is 1. The Balaban J connectivity index is 2.14. The summed E-state index contributed by atoms with van der Waals surface area (Å²) >= 11 is 0. The van der Waals surface area contributed by atoms with Crippen molar-refractivity contribution in [3.8, 4) is 0 Å². The van der Waals surface area contributed by atoms with Gasteiger partial charge in [0.1, 0.15) is 0 Å². The average Bonchev–Trinajstić information content (AvgIpc) is 2.14. The molecule has 0 aromatic carbocycles. The first-order valence-electron chi connectivity index (χ1n) is 2.91. The fourth-order valence-electron chi connectivity index (χ4n) is 1.11. The van der Waals surface area contributed by atoms with E-state index in [0.29, 0.717) is 5.92 Å². The Bertz CT molecular complexity index is 46.1. The molecule has 0 spiro atoms. The molecule has 0 amide bonds. The fourth-order valence-corrected chi connectivity index (χ4v) is 1.11. The van der Waals surface area contributed by atoms with E-state index in [-0.39, 0.29) is 0 Å². The zero-order valence-electron chi connectivity index (χ0n) is 4.43. The van der Waals surface area contributed by atoms with Crippen LogP contribution < -0.4 is 0 Å². The van der Waals surface area contributed by atoms with Crippen LogP contribution in [0.4, 0.5) is 0 Å². The minimum Gasteiger partial charge on any atom is -0.390 e. The molecule has 1 N–H and O–H groups in total. The lowest BCUT2D eigenvalue weighted by Gasteiger charge is -1.97. The highest BCUT2D eigenvalue weighted by Gasteiger charge is 2.12. The van der Waals surface area contributed by atoms with Gasteiger partial charge in [-0.3, -0.25) is 0 Å². The van der Waals surface area contributed by atoms with Crippen LogP contribution in [0.25, 0.3) is 0 Å². The second-order valence-corrected chi connectivity index (χ2v) is 2.19. The molecule has 0 aliphatic heterocycles. The molecule has 0 atom stereocenters. The predicted octanol–water partition coefficient (Wildman–Crippen LogP) is 1.71. The van der Waals surface area contributed by atoms with Gasteiger partial charge in [0, 0.05) is 0 Å². The van der Waals surface area contributed by atoms with Crippen LogP contribution in [0.3, 0.4) is 0 Å². The van der Waals surface area contributed by atoms with Crippen LogP contribution in [-0.4, -0.2) is 5.11 Å². The van der Waals surface area contributed by atoms with Crippen molar-refractivity contribution in [3.63, 3.8) is 0 Å². The summed E-state index contributed by atoms with van der Waals surface area (Å²) in [5.41, 5.74) is 0. The SMILES string of the molecule is O[CH]C1CCCC1. The summed E-state index contributed by atoms with van der Waals surface area (Å²) in [6, 6.07) is 0. The number of hydrogen-bond donors (Lipinski definition) is 1. The van der Waals surface area contributed by atoms with Crippen molar-refractivity contribution < 1.29 is 5.11 Å². The van der Waals surface area contributed by atoms with E-state index in [1.165, 1.54) is 32.3 Å². The lowest BCUT2D eigenvalue weighted by Crippen LogP contribution is -1.90. The van der Waals surface area contributed by atoms with Gasteiger partial charge in [0.15, 0.2) is 0 Å². The third-order valence-corrected chi connectivity index (χ3v) is 1.61. The molecule has 41 valence electrons. The molecule has 1 heteroatoms. The zero-order valence-corrected chi connectivity index (χ0v) is 4.43. The first kappa shape index (κ1) is 5.10. The molecule has 1 aliphatic rings. The van der Waals surface area contributed by atoms with Gasteiger partial charge in [-0.25, -0.2) is 0 Å². The van der Waals surface area contributed by atoms with E-state index in [0.717, 1.165) is 0 Å². The summed E-state index contributed by atoms with van der Waals surface area (Å²) in [5.74, 6) is 0.528. The van der Waals surface area contributed by atoms with Crippen molar-refractivity contribution in [2.45, 2.75) is 25.7 Å². The molecule has 0 bridgehead atoms. The van der Waals surface area contributed by atoms with Gasteiger partial charge < -0.3 is 5.11 Å². The molecule has 0 saturated heterocycles. The van der Waals surface area contributed by atoms with Crippen molar-refractivity contribution in [1.29, 1.82) is 0 Å². The summed E-state index contributed by atoms with van der Waals surface area (Å²) in [6.45, 7) is 1.34. The molecule has 0 aromatic heterocycles. The van der Waals surface area contributed by atoms with E-state index in [1.807, 2.05) is 0 Å². The minimum absolute atomic E-state index is 0.528. The van der Waals surface area contributed by atoms with Gasteiger partial charge in [-0.05, 0) is 18.8 Å². The number of hydrogen-bond acceptors (Lipinski definition) is 1. The molecule has 1 radical (unpaired) electrons. The number of aliphatic hydroxyl groups is 1. The molecule has 1 rings (SSSR count). The standard InChI is InChI=1S/C6H11O/c7-5-6-3-1-2-4-6/h5-7H,1-4H2. The van der Waals surface area contributed by atoms with Gasteiger partial charge in [-0.2, -0.15) is 0 Å². The van der Waals surface area contributed by atoms with Gasteiger partial charge in [-0.1, -0.05) is 12.8 Å². The Morgan fingerprint density at radius 1 is 1.29 bits per heavy atom. The lowest BCUT2D eigenvalue weighted by atomic mass is 10.1. The van der Waals surface area contributed by atoms with Crippen molar-refractivity contribution >= 4 is 0 Å². The Morgan fingerprint density at radius 2 is 1.86 bits per heavy atom. The summed E-state index contributed by atoms with van der Waals surface area (Å²) < 4.78 is 0. The highest BCUT2D eigenvalue weighted by Crippen LogP contribution is 2.25. The topological polar surface area (TPSA) is 20.2 Å². The van der Waals surface area contributed by atoms with Crippen LogP contribution in [0, 0.1) is 12.5 Å². The fraction of sp³-hybridized carbons (Fsp3) is 0.833. The highest BCUT2D eigenvalue weighted by molar-refractivity contribution is 4.71. The second-order valence-electron chi connectivity index (χ2n) is 2.19. The van der Waals surface area contributed by atoms with Crippen LogP contribution >= 0.6 is 0 Å². The first-order chi connectivity index (χ1) is 3.43. The summed E-state index contributed by atoms with van der Waals surface area (Å²) in [4.78, 5) is 0. The molecular formula is C6H11O. The van der Waals surface area contributed by atoms with Crippen LogP contribution in [0.15, 0.2) is 0 Å². The maximum Gasteiger partial charge on any atom is 0.0829 e. The minimum atomic E-state index is 0.528. The van der Waals surface area contributed by atoms with Crippen LogP contribution in [0.2, 0.25) is 0 Å². The number of rotatable bonds is 1. The molecule has 1 saturated carbocycles. The normalized spacial score (nSPS) is 23.6. The summed E-state index contributed by atoms with van der Waals surface area (Å²) in [5, 5.41) is 8.44. The quantitative estimate of drug-likeness (QED) is 0.530. The van der Waals surface area contributed by atoms with E-state index in [2.05, 4.69) is 0 Å². The van der Waals surface area contributed by atoms with E-state index < -0.39 is 0 Å². The zero-order chi connectivity index (χ0) is 5.11. The third-order valence-electron chi connectivity index (χ3n) is 1.61. The maximum absolute atomic E-state index is 8.44. The average molecular weight is 99.2 g/mol. The molecule has 0 heterocycles. The smallest absolute Gasteiger partial charge is 0.0829 e. The second kappa shape index (κ2) is 2.31. The van der Waals surface area contributed by atoms with Crippen molar-refractivity contribution in [1.82, 2.24) is 0 Å². The molecule has 0 aromatic rings. The maximum atomic E-state index is 8.44. The highest BCUT2D eigenvalue weighted by atomic mass is 16.3. The van der Waals surface area contributed by atoms with Gasteiger partial charge in [0.2, 0.25) is 0 Å². The third kappa shape index (κ3) is 1.16. The molecular weight excluding hydrogens is 88.1 g/mol. The molecule has 7 heavy (non-hydrogen) atoms. The largest absolute Gasteiger partial charge is 0.390 e. The van der Waals surface area contributed by atoms with Crippen molar-refractivity contribution in [2.75, 3.05) is 0 Å². The van der Waals surface area contributed by atoms with Crippen molar-refractivity contribution in [2.24, 2.45) is 5.92 Å². The van der Waals surface area contributed by atoms with Crippen molar-refractivity contribution in [3.05, 3.63) is 6.61 Å².